The Kier molecular flexibility index (Phi) is 3.61. The van der Waals surface area contributed by atoms with Crippen molar-refractivity contribution in [2.45, 2.75) is 12.8 Å². The van der Waals surface area contributed by atoms with E-state index in [0.717, 1.165) is 11.1 Å². The molecule has 1 N–H and O–H groups in total. The maximum absolute atomic E-state index is 13.6. The third-order valence-corrected chi connectivity index (χ3v) is 5.76. The van der Waals surface area contributed by atoms with Crippen molar-refractivity contribution in [3.8, 4) is 0 Å². The fourth-order valence-corrected chi connectivity index (χ4v) is 4.27. The number of anilines is 2. The number of nitrogens with zero attached hydrogens (tertiary/aromatic N) is 4. The van der Waals surface area contributed by atoms with Crippen molar-refractivity contribution in [2.24, 2.45) is 0 Å². The number of aromatic nitrogens is 4. The van der Waals surface area contributed by atoms with Gasteiger partial charge in [0.2, 0.25) is 0 Å². The highest BCUT2D eigenvalue weighted by Crippen LogP contribution is 2.40. The Labute approximate surface area is 176 Å². The first kappa shape index (κ1) is 17.6. The van der Waals surface area contributed by atoms with Crippen molar-refractivity contribution < 1.29 is 0 Å². The van der Waals surface area contributed by atoms with Crippen LogP contribution in [0.4, 0.5) is 11.6 Å². The molecule has 150 valence electrons. The van der Waals surface area contributed by atoms with Crippen LogP contribution >= 0.6 is 0 Å². The van der Waals surface area contributed by atoms with Gasteiger partial charge in [0.05, 0.1) is 17.0 Å². The zero-order chi connectivity index (χ0) is 21.1. The van der Waals surface area contributed by atoms with E-state index in [1.807, 2.05) is 43.3 Å². The van der Waals surface area contributed by atoms with Gasteiger partial charge < -0.3 is 5.32 Å². The minimum absolute atomic E-state index is 0.207. The molecule has 5 aromatic rings. The quantitative estimate of drug-likeness (QED) is 0.453. The topological polar surface area (TPSA) is 80.8 Å². The smallest absolute Gasteiger partial charge is 0.264 e. The summed E-state index contributed by atoms with van der Waals surface area (Å²) < 4.78 is 3.03. The lowest BCUT2D eigenvalue weighted by atomic mass is 9.84. The Bertz CT molecular complexity index is 1520. The lowest BCUT2D eigenvalue weighted by Gasteiger charge is -2.27. The van der Waals surface area contributed by atoms with Crippen LogP contribution in [0, 0.1) is 6.92 Å². The molecule has 0 atom stereocenters. The lowest BCUT2D eigenvalue weighted by molar-refractivity contribution is 0.850. The van der Waals surface area contributed by atoms with E-state index < -0.39 is 5.92 Å². The number of rotatable bonds is 1. The molecule has 5 heterocycles. The van der Waals surface area contributed by atoms with E-state index in [1.165, 1.54) is 8.80 Å². The van der Waals surface area contributed by atoms with Crippen molar-refractivity contribution in [1.82, 2.24) is 18.8 Å². The van der Waals surface area contributed by atoms with E-state index in [2.05, 4.69) is 15.3 Å². The molecule has 7 nitrogen and oxygen atoms in total. The van der Waals surface area contributed by atoms with Crippen LogP contribution in [0.15, 0.2) is 82.6 Å². The SMILES string of the molecule is Cc1ccc(C2c3c(nc4ccccn4c3=O)Nc3nc4ccccn4c(=O)c32)cc1. The number of fused-ring (bicyclic) bond motifs is 4. The van der Waals surface area contributed by atoms with Crippen LogP contribution in [0.5, 0.6) is 0 Å². The van der Waals surface area contributed by atoms with Crippen molar-refractivity contribution in [1.29, 1.82) is 0 Å². The van der Waals surface area contributed by atoms with Gasteiger partial charge in [0.15, 0.2) is 0 Å². The summed E-state index contributed by atoms with van der Waals surface area (Å²) in [6.45, 7) is 2.00. The number of nitrogens with one attached hydrogen (secondary N) is 1. The number of pyridine rings is 2. The molecule has 0 radical (unpaired) electrons. The number of hydrogen-bond acceptors (Lipinski definition) is 5. The van der Waals surface area contributed by atoms with Gasteiger partial charge in [-0.2, -0.15) is 0 Å². The van der Waals surface area contributed by atoms with E-state index in [4.69, 9.17) is 0 Å². The first-order valence-corrected chi connectivity index (χ1v) is 9.98. The van der Waals surface area contributed by atoms with Gasteiger partial charge in [0.1, 0.15) is 22.9 Å². The van der Waals surface area contributed by atoms with E-state index in [9.17, 15) is 9.59 Å². The van der Waals surface area contributed by atoms with Gasteiger partial charge >= 0.3 is 0 Å². The largest absolute Gasteiger partial charge is 0.324 e. The van der Waals surface area contributed by atoms with Gasteiger partial charge in [-0.15, -0.1) is 0 Å². The summed E-state index contributed by atoms with van der Waals surface area (Å²) in [6, 6.07) is 18.7. The van der Waals surface area contributed by atoms with Gasteiger partial charge in [0.25, 0.3) is 11.1 Å². The van der Waals surface area contributed by atoms with Gasteiger partial charge in [-0.05, 0) is 36.8 Å². The van der Waals surface area contributed by atoms with Crippen LogP contribution in [-0.4, -0.2) is 18.8 Å². The standard InChI is InChI=1S/C24H17N5O2/c1-14-8-10-15(11-9-14)18-19-21(25-16-6-2-4-12-28(16)23(19)30)27-22-20(18)24(31)29-13-5-3-7-17(29)26-22/h2-13,18,27H,1H3. The Morgan fingerprint density at radius 2 is 1.26 bits per heavy atom. The minimum Gasteiger partial charge on any atom is -0.324 e. The fraction of sp³-hybridized carbons (Fsp3) is 0.0833. The molecule has 7 heteroatoms. The van der Waals surface area contributed by atoms with Gasteiger partial charge in [-0.25, -0.2) is 9.97 Å². The molecule has 0 saturated carbocycles. The monoisotopic (exact) mass is 407 g/mol. The summed E-state index contributed by atoms with van der Waals surface area (Å²) in [5.74, 6) is 0.281. The summed E-state index contributed by atoms with van der Waals surface area (Å²) in [4.78, 5) is 36.5. The maximum Gasteiger partial charge on any atom is 0.264 e. The Balaban J connectivity index is 1.75. The van der Waals surface area contributed by atoms with E-state index in [1.54, 1.807) is 36.7 Å². The average molecular weight is 407 g/mol. The molecule has 0 spiro atoms. The molecular weight excluding hydrogens is 390 g/mol. The molecule has 1 aliphatic rings. The van der Waals surface area contributed by atoms with Crippen LogP contribution in [0.25, 0.3) is 11.3 Å². The van der Waals surface area contributed by atoms with Gasteiger partial charge in [-0.1, -0.05) is 42.0 Å². The zero-order valence-corrected chi connectivity index (χ0v) is 16.6. The van der Waals surface area contributed by atoms with Crippen molar-refractivity contribution in [3.05, 3.63) is 116 Å². The summed E-state index contributed by atoms with van der Waals surface area (Å²) in [5, 5.41) is 3.17. The second-order valence-corrected chi connectivity index (χ2v) is 7.68. The second kappa shape index (κ2) is 6.37. The zero-order valence-electron chi connectivity index (χ0n) is 16.6. The second-order valence-electron chi connectivity index (χ2n) is 7.68. The molecule has 6 rings (SSSR count). The molecule has 0 saturated heterocycles. The highest BCUT2D eigenvalue weighted by atomic mass is 16.1. The number of hydrogen-bond donors (Lipinski definition) is 1. The Morgan fingerprint density at radius 3 is 1.77 bits per heavy atom. The third-order valence-electron chi connectivity index (χ3n) is 5.76. The normalized spacial score (nSPS) is 13.1. The Morgan fingerprint density at radius 1 is 0.742 bits per heavy atom. The van der Waals surface area contributed by atoms with Gasteiger partial charge in [-0.3, -0.25) is 18.4 Å². The lowest BCUT2D eigenvalue weighted by Crippen LogP contribution is -2.33. The highest BCUT2D eigenvalue weighted by Gasteiger charge is 2.35. The predicted octanol–water partition coefficient (Wildman–Crippen LogP) is 3.25. The fourth-order valence-electron chi connectivity index (χ4n) is 4.27. The van der Waals surface area contributed by atoms with Crippen LogP contribution in [0.2, 0.25) is 0 Å². The Hall–Kier alpha value is -4.26. The maximum atomic E-state index is 13.6. The molecule has 0 aliphatic carbocycles. The summed E-state index contributed by atoms with van der Waals surface area (Å²) >= 11 is 0. The van der Waals surface area contributed by atoms with Crippen LogP contribution < -0.4 is 16.4 Å². The summed E-state index contributed by atoms with van der Waals surface area (Å²) in [6.07, 6.45) is 3.39. The highest BCUT2D eigenvalue weighted by molar-refractivity contribution is 5.73. The minimum atomic E-state index is -0.582. The van der Waals surface area contributed by atoms with Crippen molar-refractivity contribution >= 4 is 22.9 Å². The molecule has 0 fully saturated rings. The van der Waals surface area contributed by atoms with Crippen molar-refractivity contribution in [3.63, 3.8) is 0 Å². The average Bonchev–Trinajstić information content (AvgIpc) is 2.79. The van der Waals surface area contributed by atoms with E-state index in [-0.39, 0.29) is 11.1 Å². The molecule has 4 aromatic heterocycles. The summed E-state index contributed by atoms with van der Waals surface area (Å²) in [5.41, 5.74) is 3.47. The van der Waals surface area contributed by atoms with Crippen LogP contribution in [0.1, 0.15) is 28.2 Å². The molecule has 0 amide bonds. The van der Waals surface area contributed by atoms with E-state index >= 15 is 0 Å². The first-order valence-electron chi connectivity index (χ1n) is 9.98. The summed E-state index contributed by atoms with van der Waals surface area (Å²) in [7, 11) is 0. The van der Waals surface area contributed by atoms with Crippen LogP contribution in [-0.2, 0) is 0 Å². The number of benzene rings is 1. The molecule has 1 aliphatic heterocycles. The molecular formula is C24H17N5O2. The molecule has 0 unspecified atom stereocenters. The third kappa shape index (κ3) is 2.53. The predicted molar refractivity (Wildman–Crippen MR) is 118 cm³/mol. The molecule has 1 aromatic carbocycles. The van der Waals surface area contributed by atoms with Crippen molar-refractivity contribution in [2.75, 3.05) is 5.32 Å². The number of aryl methyl sites for hydroxylation is 1. The molecule has 31 heavy (non-hydrogen) atoms. The van der Waals surface area contributed by atoms with E-state index in [0.29, 0.717) is 34.1 Å². The first-order chi connectivity index (χ1) is 15.1. The van der Waals surface area contributed by atoms with Crippen LogP contribution in [0.3, 0.4) is 0 Å². The van der Waals surface area contributed by atoms with Gasteiger partial charge in [0, 0.05) is 12.4 Å². The molecule has 0 bridgehead atoms.